The quantitative estimate of drug-likeness (QED) is 0.770. The van der Waals surface area contributed by atoms with Gasteiger partial charge in [0.05, 0.1) is 0 Å². The molecule has 0 heterocycles. The normalized spacial score (nSPS) is 10.6. The molecule has 0 saturated heterocycles. The molecule has 1 heteroatoms. The van der Waals surface area contributed by atoms with E-state index in [1.54, 1.807) is 0 Å². The SMILES string of the molecule is C=Cc1c(CC)cc(O)cc1C(C)C. The van der Waals surface area contributed by atoms with Gasteiger partial charge in [0.15, 0.2) is 0 Å². The van der Waals surface area contributed by atoms with Crippen LogP contribution in [-0.2, 0) is 6.42 Å². The predicted octanol–water partition coefficient (Wildman–Crippen LogP) is 3.72. The van der Waals surface area contributed by atoms with Crippen LogP contribution in [0.4, 0.5) is 0 Å². The Balaban J connectivity index is 3.39. The molecule has 14 heavy (non-hydrogen) atoms. The Labute approximate surface area is 86.1 Å². The molecular weight excluding hydrogens is 172 g/mol. The van der Waals surface area contributed by atoms with E-state index >= 15 is 0 Å². The lowest BCUT2D eigenvalue weighted by atomic mass is 9.92. The van der Waals surface area contributed by atoms with Crippen molar-refractivity contribution >= 4 is 6.08 Å². The molecule has 0 atom stereocenters. The lowest BCUT2D eigenvalue weighted by Crippen LogP contribution is -1.96. The highest BCUT2D eigenvalue weighted by Crippen LogP contribution is 2.28. The van der Waals surface area contributed by atoms with Gasteiger partial charge >= 0.3 is 0 Å². The topological polar surface area (TPSA) is 20.2 Å². The standard InChI is InChI=1S/C13H18O/c1-5-10-7-11(14)8-13(9(3)4)12(10)6-2/h6-9,14H,2,5H2,1,3-4H3. The number of hydrogen-bond donors (Lipinski definition) is 1. The molecule has 0 aromatic heterocycles. The van der Waals surface area contributed by atoms with Gasteiger partial charge in [0.1, 0.15) is 5.75 Å². The third-order valence-electron chi connectivity index (χ3n) is 2.49. The van der Waals surface area contributed by atoms with E-state index in [2.05, 4.69) is 27.4 Å². The average molecular weight is 190 g/mol. The minimum absolute atomic E-state index is 0.358. The predicted molar refractivity (Wildman–Crippen MR) is 61.7 cm³/mol. The van der Waals surface area contributed by atoms with Gasteiger partial charge in [0.25, 0.3) is 0 Å². The Morgan fingerprint density at radius 3 is 2.50 bits per heavy atom. The first-order chi connectivity index (χ1) is 6.60. The average Bonchev–Trinajstić information content (AvgIpc) is 2.16. The van der Waals surface area contributed by atoms with Crippen molar-refractivity contribution in [2.75, 3.05) is 0 Å². The molecule has 0 amide bonds. The summed E-state index contributed by atoms with van der Waals surface area (Å²) in [5.41, 5.74) is 3.53. The van der Waals surface area contributed by atoms with Crippen molar-refractivity contribution in [3.8, 4) is 5.75 Å². The summed E-state index contributed by atoms with van der Waals surface area (Å²) in [5.74, 6) is 0.775. The fourth-order valence-electron chi connectivity index (χ4n) is 1.74. The minimum atomic E-state index is 0.358. The van der Waals surface area contributed by atoms with Crippen molar-refractivity contribution in [2.45, 2.75) is 33.1 Å². The molecule has 0 fully saturated rings. The van der Waals surface area contributed by atoms with Crippen LogP contribution in [0, 0.1) is 0 Å². The van der Waals surface area contributed by atoms with Crippen molar-refractivity contribution in [3.05, 3.63) is 35.4 Å². The van der Waals surface area contributed by atoms with Crippen LogP contribution < -0.4 is 0 Å². The lowest BCUT2D eigenvalue weighted by molar-refractivity contribution is 0.473. The number of aryl methyl sites for hydroxylation is 1. The molecule has 1 N–H and O–H groups in total. The molecule has 1 nitrogen and oxygen atoms in total. The second-order valence-corrected chi connectivity index (χ2v) is 3.82. The number of phenolic OH excluding ortho intramolecular Hbond substituents is 1. The van der Waals surface area contributed by atoms with Gasteiger partial charge in [-0.2, -0.15) is 0 Å². The third kappa shape index (κ3) is 1.98. The van der Waals surface area contributed by atoms with Crippen LogP contribution in [0.1, 0.15) is 43.4 Å². The van der Waals surface area contributed by atoms with Crippen LogP contribution in [0.2, 0.25) is 0 Å². The summed E-state index contributed by atoms with van der Waals surface area (Å²) < 4.78 is 0. The summed E-state index contributed by atoms with van der Waals surface area (Å²) in [7, 11) is 0. The first-order valence-corrected chi connectivity index (χ1v) is 5.08. The van der Waals surface area contributed by atoms with Gasteiger partial charge in [0.2, 0.25) is 0 Å². The largest absolute Gasteiger partial charge is 0.508 e. The third-order valence-corrected chi connectivity index (χ3v) is 2.49. The molecular formula is C13H18O. The van der Waals surface area contributed by atoms with Gasteiger partial charge in [-0.1, -0.05) is 33.4 Å². The van der Waals surface area contributed by atoms with Crippen LogP contribution in [0.25, 0.3) is 6.08 Å². The summed E-state index contributed by atoms with van der Waals surface area (Å²) >= 11 is 0. The van der Waals surface area contributed by atoms with Gasteiger partial charge in [-0.05, 0) is 41.2 Å². The molecule has 0 aliphatic heterocycles. The Morgan fingerprint density at radius 1 is 1.43 bits per heavy atom. The number of hydrogen-bond acceptors (Lipinski definition) is 1. The molecule has 1 aromatic rings. The molecule has 0 unspecified atom stereocenters. The molecule has 0 saturated carbocycles. The molecule has 76 valence electrons. The van der Waals surface area contributed by atoms with Crippen molar-refractivity contribution < 1.29 is 5.11 Å². The van der Waals surface area contributed by atoms with Gasteiger partial charge in [-0.15, -0.1) is 0 Å². The van der Waals surface area contributed by atoms with Gasteiger partial charge in [0, 0.05) is 0 Å². The molecule has 1 rings (SSSR count). The fraction of sp³-hybridized carbons (Fsp3) is 0.385. The molecule has 1 aromatic carbocycles. The molecule has 0 aliphatic carbocycles. The number of aromatic hydroxyl groups is 1. The summed E-state index contributed by atoms with van der Waals surface area (Å²) in [6.07, 6.45) is 2.81. The summed E-state index contributed by atoms with van der Waals surface area (Å²) in [6, 6.07) is 3.66. The first kappa shape index (κ1) is 10.8. The fourth-order valence-corrected chi connectivity index (χ4v) is 1.74. The molecule has 0 spiro atoms. The summed E-state index contributed by atoms with van der Waals surface area (Å²) in [5, 5.41) is 9.56. The molecule has 0 radical (unpaired) electrons. The monoisotopic (exact) mass is 190 g/mol. The highest BCUT2D eigenvalue weighted by atomic mass is 16.3. The zero-order chi connectivity index (χ0) is 10.7. The highest BCUT2D eigenvalue weighted by molar-refractivity contribution is 5.59. The minimum Gasteiger partial charge on any atom is -0.508 e. The number of benzene rings is 1. The maximum Gasteiger partial charge on any atom is 0.116 e. The van der Waals surface area contributed by atoms with Gasteiger partial charge < -0.3 is 5.11 Å². The number of phenols is 1. The smallest absolute Gasteiger partial charge is 0.116 e. The van der Waals surface area contributed by atoms with E-state index in [4.69, 9.17) is 0 Å². The van der Waals surface area contributed by atoms with Crippen molar-refractivity contribution in [3.63, 3.8) is 0 Å². The Kier molecular flexibility index (Phi) is 3.34. The Hall–Kier alpha value is -1.24. The maximum absolute atomic E-state index is 9.56. The lowest BCUT2D eigenvalue weighted by Gasteiger charge is -2.14. The first-order valence-electron chi connectivity index (χ1n) is 5.08. The van der Waals surface area contributed by atoms with E-state index in [-0.39, 0.29) is 0 Å². The van der Waals surface area contributed by atoms with Crippen LogP contribution in [0.3, 0.4) is 0 Å². The van der Waals surface area contributed by atoms with Crippen LogP contribution >= 0.6 is 0 Å². The Morgan fingerprint density at radius 2 is 2.07 bits per heavy atom. The zero-order valence-corrected chi connectivity index (χ0v) is 9.17. The Bertz CT molecular complexity index is 337. The molecule has 0 bridgehead atoms. The van der Waals surface area contributed by atoms with E-state index in [0.717, 1.165) is 6.42 Å². The van der Waals surface area contributed by atoms with E-state index in [9.17, 15) is 5.11 Å². The van der Waals surface area contributed by atoms with Crippen molar-refractivity contribution in [2.24, 2.45) is 0 Å². The molecule has 0 aliphatic rings. The van der Waals surface area contributed by atoms with E-state index < -0.39 is 0 Å². The van der Waals surface area contributed by atoms with Crippen molar-refractivity contribution in [1.29, 1.82) is 0 Å². The second-order valence-electron chi connectivity index (χ2n) is 3.82. The van der Waals surface area contributed by atoms with E-state index in [1.165, 1.54) is 16.7 Å². The zero-order valence-electron chi connectivity index (χ0n) is 9.17. The second kappa shape index (κ2) is 4.32. The van der Waals surface area contributed by atoms with Crippen LogP contribution in [-0.4, -0.2) is 5.11 Å². The number of rotatable bonds is 3. The van der Waals surface area contributed by atoms with Gasteiger partial charge in [-0.25, -0.2) is 0 Å². The summed E-state index contributed by atoms with van der Waals surface area (Å²) in [6.45, 7) is 10.2. The summed E-state index contributed by atoms with van der Waals surface area (Å²) in [4.78, 5) is 0. The maximum atomic E-state index is 9.56. The van der Waals surface area contributed by atoms with Gasteiger partial charge in [-0.3, -0.25) is 0 Å². The van der Waals surface area contributed by atoms with Crippen LogP contribution in [0.5, 0.6) is 5.75 Å². The van der Waals surface area contributed by atoms with E-state index in [1.807, 2.05) is 18.2 Å². The van der Waals surface area contributed by atoms with Crippen molar-refractivity contribution in [1.82, 2.24) is 0 Å². The highest BCUT2D eigenvalue weighted by Gasteiger charge is 2.09. The van der Waals surface area contributed by atoms with Crippen LogP contribution in [0.15, 0.2) is 18.7 Å². The van der Waals surface area contributed by atoms with E-state index in [0.29, 0.717) is 11.7 Å².